The van der Waals surface area contributed by atoms with E-state index in [1.54, 1.807) is 0 Å². The minimum atomic E-state index is 0.143. The van der Waals surface area contributed by atoms with Gasteiger partial charge in [0.15, 0.2) is 0 Å². The van der Waals surface area contributed by atoms with Crippen LogP contribution < -0.4 is 16.0 Å². The van der Waals surface area contributed by atoms with Gasteiger partial charge in [0.1, 0.15) is 0 Å². The largest absolute Gasteiger partial charge is 0.384 e. The highest BCUT2D eigenvalue weighted by atomic mass is 16.1. The second-order valence-corrected chi connectivity index (χ2v) is 4.57. The van der Waals surface area contributed by atoms with Gasteiger partial charge >= 0.3 is 0 Å². The van der Waals surface area contributed by atoms with Gasteiger partial charge in [-0.05, 0) is 18.9 Å². The Morgan fingerprint density at radius 1 is 1.44 bits per heavy atom. The van der Waals surface area contributed by atoms with Gasteiger partial charge in [-0.25, -0.2) is 0 Å². The highest BCUT2D eigenvalue weighted by Gasteiger charge is 2.17. The summed E-state index contributed by atoms with van der Waals surface area (Å²) in [7, 11) is 0. The maximum Gasteiger partial charge on any atom is 0.220 e. The second-order valence-electron chi connectivity index (χ2n) is 4.57. The second kappa shape index (κ2) is 6.23. The van der Waals surface area contributed by atoms with Gasteiger partial charge in [-0.3, -0.25) is 9.78 Å². The quantitative estimate of drug-likeness (QED) is 0.740. The first-order valence-electron chi connectivity index (χ1n) is 6.50. The van der Waals surface area contributed by atoms with Crippen LogP contribution in [-0.4, -0.2) is 30.0 Å². The van der Waals surface area contributed by atoms with Crippen molar-refractivity contribution in [2.75, 3.05) is 23.7 Å². The van der Waals surface area contributed by atoms with Crippen LogP contribution in [0.1, 0.15) is 26.2 Å². The van der Waals surface area contributed by atoms with E-state index in [-0.39, 0.29) is 5.91 Å². The van der Waals surface area contributed by atoms with Crippen molar-refractivity contribution in [3.05, 3.63) is 18.5 Å². The monoisotopic (exact) mass is 248 g/mol. The summed E-state index contributed by atoms with van der Waals surface area (Å²) in [6.07, 6.45) is 6.20. The van der Waals surface area contributed by atoms with Crippen LogP contribution in [0.5, 0.6) is 0 Å². The van der Waals surface area contributed by atoms with Crippen LogP contribution in [0.4, 0.5) is 11.4 Å². The maximum atomic E-state index is 11.1. The Kier molecular flexibility index (Phi) is 4.39. The van der Waals surface area contributed by atoms with E-state index in [0.29, 0.717) is 19.0 Å². The predicted molar refractivity (Wildman–Crippen MR) is 72.7 cm³/mol. The molecule has 0 spiro atoms. The number of carbonyl (C=O) groups is 1. The number of nitrogens with one attached hydrogen (secondary N) is 3. The summed E-state index contributed by atoms with van der Waals surface area (Å²) < 4.78 is 0. The maximum absolute atomic E-state index is 11.1. The van der Waals surface area contributed by atoms with Crippen molar-refractivity contribution in [2.45, 2.75) is 32.2 Å². The molecule has 0 aliphatic carbocycles. The number of carbonyl (C=O) groups excluding carboxylic acids is 1. The van der Waals surface area contributed by atoms with Crippen LogP contribution in [0, 0.1) is 0 Å². The number of hydrogen-bond donors (Lipinski definition) is 3. The van der Waals surface area contributed by atoms with Crippen LogP contribution in [0.3, 0.4) is 0 Å². The first-order chi connectivity index (χ1) is 8.78. The summed E-state index contributed by atoms with van der Waals surface area (Å²) in [6.45, 7) is 3.77. The number of piperidine rings is 1. The van der Waals surface area contributed by atoms with E-state index in [2.05, 4.69) is 33.9 Å². The van der Waals surface area contributed by atoms with E-state index in [4.69, 9.17) is 0 Å². The molecule has 1 aromatic heterocycles. The van der Waals surface area contributed by atoms with Gasteiger partial charge in [-0.1, -0.05) is 6.92 Å². The summed E-state index contributed by atoms with van der Waals surface area (Å²) >= 11 is 0. The van der Waals surface area contributed by atoms with Crippen molar-refractivity contribution in [1.29, 1.82) is 0 Å². The van der Waals surface area contributed by atoms with Crippen molar-refractivity contribution < 1.29 is 4.79 Å². The third-order valence-electron chi connectivity index (χ3n) is 2.95. The van der Waals surface area contributed by atoms with E-state index in [0.717, 1.165) is 30.8 Å². The van der Waals surface area contributed by atoms with Crippen molar-refractivity contribution in [2.24, 2.45) is 0 Å². The molecule has 1 aromatic rings. The lowest BCUT2D eigenvalue weighted by atomic mass is 10.1. The SMILES string of the molecule is CCCNc1cncc(NC2CCC(=O)NC2)c1. The molecule has 0 aromatic carbocycles. The van der Waals surface area contributed by atoms with Crippen LogP contribution in [0.2, 0.25) is 0 Å². The molecule has 0 radical (unpaired) electrons. The zero-order chi connectivity index (χ0) is 12.8. The molecule has 18 heavy (non-hydrogen) atoms. The fourth-order valence-corrected chi connectivity index (χ4v) is 1.98. The van der Waals surface area contributed by atoms with Crippen LogP contribution in [-0.2, 0) is 4.79 Å². The van der Waals surface area contributed by atoms with Gasteiger partial charge in [0.05, 0.1) is 23.8 Å². The van der Waals surface area contributed by atoms with Gasteiger partial charge in [0.25, 0.3) is 0 Å². The Balaban J connectivity index is 1.90. The van der Waals surface area contributed by atoms with Crippen molar-refractivity contribution in [3.63, 3.8) is 0 Å². The van der Waals surface area contributed by atoms with E-state index >= 15 is 0 Å². The normalized spacial score (nSPS) is 19.2. The van der Waals surface area contributed by atoms with Crippen molar-refractivity contribution in [3.8, 4) is 0 Å². The molecule has 0 bridgehead atoms. The fraction of sp³-hybridized carbons (Fsp3) is 0.538. The van der Waals surface area contributed by atoms with E-state index < -0.39 is 0 Å². The molecule has 2 rings (SSSR count). The number of anilines is 2. The molecular formula is C13H20N4O. The minimum Gasteiger partial charge on any atom is -0.384 e. The average molecular weight is 248 g/mol. The van der Waals surface area contributed by atoms with Crippen molar-refractivity contribution in [1.82, 2.24) is 10.3 Å². The lowest BCUT2D eigenvalue weighted by Crippen LogP contribution is -2.41. The Labute approximate surface area is 107 Å². The molecule has 1 amide bonds. The first-order valence-corrected chi connectivity index (χ1v) is 6.50. The smallest absolute Gasteiger partial charge is 0.220 e. The summed E-state index contributed by atoms with van der Waals surface area (Å²) in [5.74, 6) is 0.143. The molecule has 3 N–H and O–H groups in total. The van der Waals surface area contributed by atoms with Crippen molar-refractivity contribution >= 4 is 17.3 Å². The molecular weight excluding hydrogens is 228 g/mol. The molecule has 98 valence electrons. The van der Waals surface area contributed by atoms with E-state index in [1.807, 2.05) is 12.4 Å². The van der Waals surface area contributed by atoms with Gasteiger partial charge in [-0.2, -0.15) is 0 Å². The van der Waals surface area contributed by atoms with Gasteiger partial charge in [0.2, 0.25) is 5.91 Å². The molecule has 1 fully saturated rings. The van der Waals surface area contributed by atoms with Crippen LogP contribution >= 0.6 is 0 Å². The third-order valence-corrected chi connectivity index (χ3v) is 2.95. The lowest BCUT2D eigenvalue weighted by molar-refractivity contribution is -0.122. The molecule has 0 saturated carbocycles. The highest BCUT2D eigenvalue weighted by molar-refractivity contribution is 5.77. The number of amides is 1. The first kappa shape index (κ1) is 12.7. The number of pyridine rings is 1. The summed E-state index contributed by atoms with van der Waals surface area (Å²) in [6, 6.07) is 2.35. The number of nitrogens with zero attached hydrogens (tertiary/aromatic N) is 1. The minimum absolute atomic E-state index is 0.143. The number of aromatic nitrogens is 1. The molecule has 1 aliphatic heterocycles. The number of rotatable bonds is 5. The van der Waals surface area contributed by atoms with E-state index in [9.17, 15) is 4.79 Å². The lowest BCUT2D eigenvalue weighted by Gasteiger charge is -2.24. The predicted octanol–water partition coefficient (Wildman–Crippen LogP) is 1.59. The van der Waals surface area contributed by atoms with E-state index in [1.165, 1.54) is 0 Å². The zero-order valence-electron chi connectivity index (χ0n) is 10.7. The Hall–Kier alpha value is -1.78. The highest BCUT2D eigenvalue weighted by Crippen LogP contribution is 2.16. The standard InChI is InChI=1S/C13H20N4O/c1-2-5-15-11-6-12(8-14-7-11)17-10-3-4-13(18)16-9-10/h6-8,10,15,17H,2-5,9H2,1H3,(H,16,18). The Morgan fingerprint density at radius 2 is 2.28 bits per heavy atom. The Morgan fingerprint density at radius 3 is 3.00 bits per heavy atom. The van der Waals surface area contributed by atoms with Crippen LogP contribution in [0.25, 0.3) is 0 Å². The molecule has 1 saturated heterocycles. The molecule has 1 aliphatic rings. The average Bonchev–Trinajstić information content (AvgIpc) is 2.40. The number of hydrogen-bond acceptors (Lipinski definition) is 4. The molecule has 5 nitrogen and oxygen atoms in total. The molecule has 5 heteroatoms. The van der Waals surface area contributed by atoms with Gasteiger partial charge < -0.3 is 16.0 Å². The summed E-state index contributed by atoms with van der Waals surface area (Å²) in [5, 5.41) is 9.57. The molecule has 1 atom stereocenters. The zero-order valence-corrected chi connectivity index (χ0v) is 10.7. The Bertz CT molecular complexity index is 398. The topological polar surface area (TPSA) is 66.0 Å². The van der Waals surface area contributed by atoms with Gasteiger partial charge in [-0.15, -0.1) is 0 Å². The summed E-state index contributed by atoms with van der Waals surface area (Å²) in [4.78, 5) is 15.3. The summed E-state index contributed by atoms with van der Waals surface area (Å²) in [5.41, 5.74) is 2.03. The molecule has 1 unspecified atom stereocenters. The molecule has 2 heterocycles. The third kappa shape index (κ3) is 3.61. The van der Waals surface area contributed by atoms with Gasteiger partial charge in [0, 0.05) is 25.6 Å². The van der Waals surface area contributed by atoms with Crippen LogP contribution in [0.15, 0.2) is 18.5 Å². The fourth-order valence-electron chi connectivity index (χ4n) is 1.98.